The summed E-state index contributed by atoms with van der Waals surface area (Å²) in [6.45, 7) is 22.4. The molecule has 42 heavy (non-hydrogen) atoms. The van der Waals surface area contributed by atoms with E-state index in [4.69, 9.17) is 6.58 Å². The van der Waals surface area contributed by atoms with Gasteiger partial charge in [-0.2, -0.15) is 0 Å². The largest absolute Gasteiger partial charge is 1.00 e. The number of hydrogen-bond acceptors (Lipinski definition) is 3. The molecule has 240 valence electrons. The van der Waals surface area contributed by atoms with Gasteiger partial charge in [-0.3, -0.25) is 0 Å². The summed E-state index contributed by atoms with van der Waals surface area (Å²) in [5, 5.41) is 32.9. The predicted molar refractivity (Wildman–Crippen MR) is 165 cm³/mol. The summed E-state index contributed by atoms with van der Waals surface area (Å²) >= 11 is 0. The lowest BCUT2D eigenvalue weighted by atomic mass is 9.32. The zero-order valence-electron chi connectivity index (χ0n) is 27.5. The third-order valence-corrected chi connectivity index (χ3v) is 17.0. The van der Waals surface area contributed by atoms with E-state index in [9.17, 15) is 15.3 Å². The van der Waals surface area contributed by atoms with E-state index >= 15 is 0 Å². The van der Waals surface area contributed by atoms with E-state index in [1.54, 1.807) is 0 Å². The molecule has 0 spiro atoms. The molecule has 0 aromatic rings. The van der Waals surface area contributed by atoms with Gasteiger partial charge < -0.3 is 36.8 Å². The zero-order chi connectivity index (χ0) is 29.2. The van der Waals surface area contributed by atoms with Gasteiger partial charge in [0, 0.05) is 25.4 Å². The Hall–Kier alpha value is 0.0600. The highest BCUT2D eigenvalue weighted by Gasteiger charge is 2.71. The minimum atomic E-state index is -0.167. The van der Waals surface area contributed by atoms with Crippen LogP contribution in [0.15, 0.2) is 12.2 Å². The van der Waals surface area contributed by atoms with Crippen LogP contribution < -0.4 is 17.0 Å². The number of fused-ring (bicyclic) bond motifs is 10. The number of nitrogens with zero attached hydrogens (tertiary/aromatic N) is 1. The van der Waals surface area contributed by atoms with Crippen molar-refractivity contribution in [2.24, 2.45) is 62.6 Å². The van der Waals surface area contributed by atoms with Gasteiger partial charge in [0.15, 0.2) is 0 Å². The van der Waals surface area contributed by atoms with Gasteiger partial charge in [0.05, 0.1) is 19.2 Å². The van der Waals surface area contributed by atoms with E-state index in [0.717, 1.165) is 29.9 Å². The first-order chi connectivity index (χ1) is 19.3. The van der Waals surface area contributed by atoms with Gasteiger partial charge in [-0.15, -0.1) is 0 Å². The van der Waals surface area contributed by atoms with E-state index in [1.807, 2.05) is 0 Å². The molecule has 2 bridgehead atoms. The Labute approximate surface area is 267 Å². The summed E-state index contributed by atoms with van der Waals surface area (Å²) in [6.07, 6.45) is 14.2. The lowest BCUT2D eigenvalue weighted by Crippen LogP contribution is -3.00. The number of aliphatic hydroxyl groups excluding tert-OH is 3. The van der Waals surface area contributed by atoms with Crippen molar-refractivity contribution in [2.75, 3.05) is 32.8 Å². The van der Waals surface area contributed by atoms with E-state index in [2.05, 4.69) is 34.6 Å². The molecule has 3 saturated heterocycles. The summed E-state index contributed by atoms with van der Waals surface area (Å²) < 4.78 is 1.06. The highest BCUT2D eigenvalue weighted by Crippen LogP contribution is 2.77. The molecule has 4 nitrogen and oxygen atoms in total. The molecule has 5 saturated carbocycles. The van der Waals surface area contributed by atoms with Crippen molar-refractivity contribution < 1.29 is 36.8 Å². The third-order valence-electron chi connectivity index (χ3n) is 17.0. The van der Waals surface area contributed by atoms with Gasteiger partial charge >= 0.3 is 0 Å². The molecule has 3 N–H and O–H groups in total. The Kier molecular flexibility index (Phi) is 7.84. The van der Waals surface area contributed by atoms with Crippen molar-refractivity contribution in [3.63, 3.8) is 0 Å². The fraction of sp³-hybridized carbons (Fsp3) is 0.946. The Bertz CT molecular complexity index is 1070. The summed E-state index contributed by atoms with van der Waals surface area (Å²) in [5.41, 5.74) is 2.45. The van der Waals surface area contributed by atoms with Gasteiger partial charge in [-0.1, -0.05) is 41.2 Å². The average Bonchev–Trinajstić information content (AvgIpc) is 3.32. The first-order valence-electron chi connectivity index (χ1n) is 17.8. The van der Waals surface area contributed by atoms with Crippen LogP contribution in [0.5, 0.6) is 0 Å². The Morgan fingerprint density at radius 2 is 1.50 bits per heavy atom. The molecule has 8 aliphatic rings. The summed E-state index contributed by atoms with van der Waals surface area (Å²) in [6, 6.07) is 0. The topological polar surface area (TPSA) is 60.7 Å². The molecular weight excluding hydrogens is 586 g/mol. The molecule has 0 radical (unpaired) electrons. The van der Waals surface area contributed by atoms with Gasteiger partial charge in [0.25, 0.3) is 0 Å². The number of quaternary nitrogens is 1. The standard InChI is InChI=1S/C37H62NO3.BrH/c1-24(21-38-19-12-25(13-20-38)28(40)22-38)26-9-16-37(23-39)18-17-35(5)27(32(26)37)7-8-30-34(4)14-11-31(41)33(2,3)29(34)10-15-36(30,35)6;/h25-32,39-41H,1,7-23H2,2-6H3;1H/q+1;/p-1/t25?,26-,27?,28?,29?,30?,31-,32?,34-,35+,36+,37+,38?;/m0./s1. The highest BCUT2D eigenvalue weighted by molar-refractivity contribution is 5.22. The van der Waals surface area contributed by atoms with Crippen LogP contribution >= 0.6 is 0 Å². The normalized spacial score (nSPS) is 55.9. The Balaban J connectivity index is 0.00000316. The van der Waals surface area contributed by atoms with Crippen molar-refractivity contribution >= 4 is 0 Å². The molecule has 11 atom stereocenters. The van der Waals surface area contributed by atoms with Crippen LogP contribution in [0.2, 0.25) is 0 Å². The van der Waals surface area contributed by atoms with Crippen LogP contribution in [0, 0.1) is 62.6 Å². The Morgan fingerprint density at radius 3 is 2.17 bits per heavy atom. The number of halogens is 1. The minimum absolute atomic E-state index is 0. The Morgan fingerprint density at radius 1 is 0.786 bits per heavy atom. The van der Waals surface area contributed by atoms with E-state index in [0.29, 0.717) is 52.4 Å². The van der Waals surface area contributed by atoms with Crippen LogP contribution in [-0.2, 0) is 0 Å². The molecule has 3 aliphatic heterocycles. The first kappa shape index (κ1) is 32.0. The van der Waals surface area contributed by atoms with Crippen LogP contribution in [0.25, 0.3) is 0 Å². The second kappa shape index (κ2) is 10.3. The van der Waals surface area contributed by atoms with E-state index < -0.39 is 0 Å². The summed E-state index contributed by atoms with van der Waals surface area (Å²) in [5.74, 6) is 3.59. The summed E-state index contributed by atoms with van der Waals surface area (Å²) in [4.78, 5) is 0. The summed E-state index contributed by atoms with van der Waals surface area (Å²) in [7, 11) is 0. The lowest BCUT2D eigenvalue weighted by molar-refractivity contribution is -0.942. The van der Waals surface area contributed by atoms with Crippen molar-refractivity contribution in [2.45, 2.75) is 124 Å². The minimum Gasteiger partial charge on any atom is -1.00 e. The molecule has 8 fully saturated rings. The van der Waals surface area contributed by atoms with Crippen molar-refractivity contribution in [1.82, 2.24) is 0 Å². The molecule has 5 heteroatoms. The van der Waals surface area contributed by atoms with Crippen molar-refractivity contribution in [1.29, 1.82) is 0 Å². The molecule has 5 aliphatic carbocycles. The van der Waals surface area contributed by atoms with Gasteiger partial charge in [-0.05, 0) is 126 Å². The number of piperidine rings is 3. The fourth-order valence-electron chi connectivity index (χ4n) is 14.5. The predicted octanol–water partition coefficient (Wildman–Crippen LogP) is 3.58. The van der Waals surface area contributed by atoms with Gasteiger partial charge in [0.1, 0.15) is 19.2 Å². The number of aliphatic hydroxyl groups is 3. The molecule has 8 rings (SSSR count). The first-order valence-corrected chi connectivity index (χ1v) is 17.8. The lowest BCUT2D eigenvalue weighted by Gasteiger charge is -2.73. The quantitative estimate of drug-likeness (QED) is 0.323. The molecule has 0 amide bonds. The van der Waals surface area contributed by atoms with Crippen molar-refractivity contribution in [3.8, 4) is 0 Å². The smallest absolute Gasteiger partial charge is 0.106 e. The van der Waals surface area contributed by atoms with E-state index in [-0.39, 0.29) is 40.0 Å². The van der Waals surface area contributed by atoms with Crippen LogP contribution in [0.3, 0.4) is 0 Å². The maximum Gasteiger partial charge on any atom is 0.106 e. The van der Waals surface area contributed by atoms with Crippen LogP contribution in [0.1, 0.15) is 112 Å². The molecule has 5 unspecified atom stereocenters. The number of rotatable bonds is 4. The monoisotopic (exact) mass is 647 g/mol. The number of hydrogen-bond donors (Lipinski definition) is 3. The van der Waals surface area contributed by atoms with E-state index in [1.165, 1.54) is 89.3 Å². The highest BCUT2D eigenvalue weighted by atomic mass is 79.9. The molecule has 3 heterocycles. The average molecular weight is 649 g/mol. The third kappa shape index (κ3) is 4.10. The van der Waals surface area contributed by atoms with Crippen LogP contribution in [-0.4, -0.2) is 64.8 Å². The van der Waals surface area contributed by atoms with Gasteiger partial charge in [0.2, 0.25) is 0 Å². The fourth-order valence-corrected chi connectivity index (χ4v) is 14.5. The molecular formula is C37H62BrNO3. The molecule has 0 aromatic heterocycles. The second-order valence-corrected chi connectivity index (χ2v) is 18.4. The maximum absolute atomic E-state index is 11.1. The van der Waals surface area contributed by atoms with Crippen molar-refractivity contribution in [3.05, 3.63) is 12.2 Å². The maximum atomic E-state index is 11.1. The SMILES string of the molecule is C=C(C[N+]12CCC(CC1)C(O)C2)[C@@H]1CC[C@]2(CO)CC[C@]3(C)C(CCC4[C@@]5(C)CC[C@H](O)C(C)(C)C5CC[C@]43C)C12.[Br-]. The second-order valence-electron chi connectivity index (χ2n) is 18.4. The molecule has 0 aromatic carbocycles. The zero-order valence-corrected chi connectivity index (χ0v) is 29.1. The van der Waals surface area contributed by atoms with Crippen LogP contribution in [0.4, 0.5) is 0 Å². The van der Waals surface area contributed by atoms with Gasteiger partial charge in [-0.25, -0.2) is 0 Å².